The summed E-state index contributed by atoms with van der Waals surface area (Å²) in [6.45, 7) is 0. The molecule has 0 saturated carbocycles. The molecule has 0 saturated heterocycles. The SMILES string of the molecule is Oc1ccc(C#Cc2ccc(-c3nn[nH]n3)cc2CCc2ccccn2)c(C(F)(F)F)c1. The van der Waals surface area contributed by atoms with Crippen molar-refractivity contribution in [1.29, 1.82) is 0 Å². The van der Waals surface area contributed by atoms with Crippen LogP contribution in [0.3, 0.4) is 0 Å². The van der Waals surface area contributed by atoms with Gasteiger partial charge in [-0.2, -0.15) is 18.4 Å². The van der Waals surface area contributed by atoms with E-state index in [4.69, 9.17) is 0 Å². The van der Waals surface area contributed by atoms with Crippen molar-refractivity contribution >= 4 is 0 Å². The molecule has 32 heavy (non-hydrogen) atoms. The van der Waals surface area contributed by atoms with Gasteiger partial charge >= 0.3 is 6.18 Å². The average molecular weight is 435 g/mol. The van der Waals surface area contributed by atoms with Crippen LogP contribution in [0.1, 0.15) is 27.9 Å². The first-order valence-corrected chi connectivity index (χ1v) is 9.59. The molecule has 0 aliphatic carbocycles. The number of hydrogen-bond donors (Lipinski definition) is 2. The minimum Gasteiger partial charge on any atom is -0.508 e. The Labute approximate surface area is 181 Å². The second-order valence-corrected chi connectivity index (χ2v) is 6.91. The number of halogens is 3. The fraction of sp³-hybridized carbons (Fsp3) is 0.130. The molecule has 2 N–H and O–H groups in total. The summed E-state index contributed by atoms with van der Waals surface area (Å²) in [6.07, 6.45) is -1.74. The largest absolute Gasteiger partial charge is 0.508 e. The smallest absolute Gasteiger partial charge is 0.417 e. The lowest BCUT2D eigenvalue weighted by molar-refractivity contribution is -0.137. The molecule has 2 heterocycles. The van der Waals surface area contributed by atoms with Crippen molar-refractivity contribution < 1.29 is 18.3 Å². The Balaban J connectivity index is 1.71. The number of hydrogen-bond acceptors (Lipinski definition) is 5. The van der Waals surface area contributed by atoms with Crippen molar-refractivity contribution in [2.75, 3.05) is 0 Å². The zero-order valence-electron chi connectivity index (χ0n) is 16.6. The normalized spacial score (nSPS) is 11.1. The van der Waals surface area contributed by atoms with E-state index in [-0.39, 0.29) is 5.56 Å². The molecule has 0 unspecified atom stereocenters. The molecular weight excluding hydrogens is 419 g/mol. The van der Waals surface area contributed by atoms with Crippen LogP contribution in [0.25, 0.3) is 11.4 Å². The summed E-state index contributed by atoms with van der Waals surface area (Å²) in [4.78, 5) is 4.31. The van der Waals surface area contributed by atoms with Gasteiger partial charge in [-0.3, -0.25) is 4.98 Å². The summed E-state index contributed by atoms with van der Waals surface area (Å²) in [7, 11) is 0. The van der Waals surface area contributed by atoms with Crippen LogP contribution in [-0.2, 0) is 19.0 Å². The number of alkyl halides is 3. The molecule has 0 radical (unpaired) electrons. The van der Waals surface area contributed by atoms with E-state index in [1.54, 1.807) is 18.3 Å². The van der Waals surface area contributed by atoms with E-state index in [0.29, 0.717) is 35.9 Å². The summed E-state index contributed by atoms with van der Waals surface area (Å²) in [6, 6.07) is 13.9. The minimum atomic E-state index is -4.63. The topological polar surface area (TPSA) is 87.6 Å². The predicted molar refractivity (Wildman–Crippen MR) is 110 cm³/mol. The quantitative estimate of drug-likeness (QED) is 0.470. The number of aromatic nitrogens is 5. The molecule has 0 atom stereocenters. The van der Waals surface area contributed by atoms with Crippen molar-refractivity contribution in [3.05, 3.63) is 88.7 Å². The number of pyridine rings is 1. The van der Waals surface area contributed by atoms with Gasteiger partial charge in [0.25, 0.3) is 0 Å². The second-order valence-electron chi connectivity index (χ2n) is 6.91. The number of phenolic OH excluding ortho intramolecular Hbond substituents is 1. The monoisotopic (exact) mass is 435 g/mol. The first-order chi connectivity index (χ1) is 15.4. The molecule has 0 fully saturated rings. The number of H-pyrrole nitrogens is 1. The van der Waals surface area contributed by atoms with Crippen molar-refractivity contribution in [2.24, 2.45) is 0 Å². The van der Waals surface area contributed by atoms with Gasteiger partial charge in [0.15, 0.2) is 0 Å². The zero-order chi connectivity index (χ0) is 22.6. The number of nitrogens with zero attached hydrogens (tertiary/aromatic N) is 4. The van der Waals surface area contributed by atoms with Crippen molar-refractivity contribution in [2.45, 2.75) is 19.0 Å². The Morgan fingerprint density at radius 1 is 0.938 bits per heavy atom. The van der Waals surface area contributed by atoms with Gasteiger partial charge < -0.3 is 5.11 Å². The highest BCUT2D eigenvalue weighted by molar-refractivity contribution is 5.60. The van der Waals surface area contributed by atoms with E-state index in [1.807, 2.05) is 24.3 Å². The van der Waals surface area contributed by atoms with E-state index in [9.17, 15) is 18.3 Å². The molecule has 0 aliphatic heterocycles. The van der Waals surface area contributed by atoms with Crippen LogP contribution < -0.4 is 0 Å². The van der Waals surface area contributed by atoms with Crippen LogP contribution >= 0.6 is 0 Å². The summed E-state index contributed by atoms with van der Waals surface area (Å²) in [5.41, 5.74) is 1.79. The van der Waals surface area contributed by atoms with E-state index in [0.717, 1.165) is 17.3 Å². The molecule has 9 heteroatoms. The molecule has 160 valence electrons. The highest BCUT2D eigenvalue weighted by Crippen LogP contribution is 2.34. The second kappa shape index (κ2) is 8.89. The molecule has 6 nitrogen and oxygen atoms in total. The van der Waals surface area contributed by atoms with Crippen molar-refractivity contribution in [3.8, 4) is 29.0 Å². The van der Waals surface area contributed by atoms with E-state index >= 15 is 0 Å². The van der Waals surface area contributed by atoms with Crippen LogP contribution in [0, 0.1) is 11.8 Å². The molecule has 4 rings (SSSR count). The first kappa shape index (κ1) is 21.1. The Kier molecular flexibility index (Phi) is 5.85. The number of aromatic hydroxyl groups is 1. The lowest BCUT2D eigenvalue weighted by atomic mass is 9.98. The van der Waals surface area contributed by atoms with Gasteiger partial charge in [-0.15, -0.1) is 10.2 Å². The number of tetrazole rings is 1. The van der Waals surface area contributed by atoms with Crippen LogP contribution in [0.2, 0.25) is 0 Å². The third-order valence-corrected chi connectivity index (χ3v) is 4.73. The number of benzene rings is 2. The fourth-order valence-corrected chi connectivity index (χ4v) is 3.16. The summed E-state index contributed by atoms with van der Waals surface area (Å²) < 4.78 is 40.0. The lowest BCUT2D eigenvalue weighted by Gasteiger charge is -2.10. The molecule has 0 bridgehead atoms. The average Bonchev–Trinajstić information content (AvgIpc) is 3.32. The molecule has 0 amide bonds. The fourth-order valence-electron chi connectivity index (χ4n) is 3.16. The highest BCUT2D eigenvalue weighted by Gasteiger charge is 2.33. The maximum absolute atomic E-state index is 13.3. The number of aromatic amines is 1. The van der Waals surface area contributed by atoms with Gasteiger partial charge in [0.2, 0.25) is 5.82 Å². The van der Waals surface area contributed by atoms with Crippen LogP contribution in [-0.4, -0.2) is 30.7 Å². The molecule has 2 aromatic heterocycles. The number of aryl methyl sites for hydroxylation is 2. The maximum Gasteiger partial charge on any atom is 0.417 e. The van der Waals surface area contributed by atoms with Gasteiger partial charge in [-0.05, 0) is 72.1 Å². The van der Waals surface area contributed by atoms with Crippen LogP contribution in [0.15, 0.2) is 60.8 Å². The Hall–Kier alpha value is -4.19. The minimum absolute atomic E-state index is 0.215. The number of phenols is 1. The van der Waals surface area contributed by atoms with Crippen LogP contribution in [0.5, 0.6) is 5.75 Å². The summed E-state index contributed by atoms with van der Waals surface area (Å²) >= 11 is 0. The third kappa shape index (κ3) is 4.92. The number of rotatable bonds is 4. The Morgan fingerprint density at radius 2 is 1.75 bits per heavy atom. The molecule has 4 aromatic rings. The van der Waals surface area contributed by atoms with Crippen molar-refractivity contribution in [1.82, 2.24) is 25.6 Å². The Morgan fingerprint density at radius 3 is 2.47 bits per heavy atom. The van der Waals surface area contributed by atoms with Gasteiger partial charge in [0.05, 0.1) is 5.56 Å². The molecule has 0 spiro atoms. The van der Waals surface area contributed by atoms with Crippen molar-refractivity contribution in [3.63, 3.8) is 0 Å². The van der Waals surface area contributed by atoms with Gasteiger partial charge in [-0.25, -0.2) is 0 Å². The third-order valence-electron chi connectivity index (χ3n) is 4.73. The van der Waals surface area contributed by atoms with E-state index < -0.39 is 17.5 Å². The van der Waals surface area contributed by atoms with Gasteiger partial charge in [0.1, 0.15) is 5.75 Å². The zero-order valence-corrected chi connectivity index (χ0v) is 16.6. The molecular formula is C23H16F3N5O. The standard InChI is InChI=1S/C23H16F3N5O/c24-23(25,26)21-14-20(32)11-9-16(21)6-4-15-5-7-18(22-28-30-31-29-22)13-17(15)8-10-19-3-1-2-12-27-19/h1-3,5,7,9,11-14,32H,8,10H2,(H,28,29,30,31). The first-order valence-electron chi connectivity index (χ1n) is 9.59. The predicted octanol–water partition coefficient (Wildman–Crippen LogP) is 4.17. The molecule has 2 aromatic carbocycles. The maximum atomic E-state index is 13.3. The molecule has 0 aliphatic rings. The lowest BCUT2D eigenvalue weighted by Crippen LogP contribution is -2.07. The summed E-state index contributed by atoms with van der Waals surface area (Å²) in [5, 5.41) is 23.4. The van der Waals surface area contributed by atoms with Gasteiger partial charge in [-0.1, -0.05) is 17.9 Å². The highest BCUT2D eigenvalue weighted by atomic mass is 19.4. The summed E-state index contributed by atoms with van der Waals surface area (Å²) in [5.74, 6) is 5.40. The Bertz CT molecular complexity index is 1280. The number of nitrogens with one attached hydrogen (secondary N) is 1. The van der Waals surface area contributed by atoms with Gasteiger partial charge in [0, 0.05) is 28.6 Å². The van der Waals surface area contributed by atoms with E-state index in [1.165, 1.54) is 6.07 Å². The van der Waals surface area contributed by atoms with Crippen LogP contribution in [0.4, 0.5) is 13.2 Å². The van der Waals surface area contributed by atoms with E-state index in [2.05, 4.69) is 37.4 Å².